The number of rotatable bonds is 3. The summed E-state index contributed by atoms with van der Waals surface area (Å²) in [6.45, 7) is 0.536. The third kappa shape index (κ3) is 3.05. The number of hydrogen-bond donors (Lipinski definition) is 1. The van der Waals surface area contributed by atoms with Gasteiger partial charge in [-0.05, 0) is 36.5 Å². The number of halogens is 3. The van der Waals surface area contributed by atoms with Gasteiger partial charge in [-0.1, -0.05) is 6.07 Å². The second kappa shape index (κ2) is 6.53. The largest absolute Gasteiger partial charge is 0.419 e. The summed E-state index contributed by atoms with van der Waals surface area (Å²) in [5, 5.41) is 4.80. The molecule has 0 spiro atoms. The van der Waals surface area contributed by atoms with Gasteiger partial charge in [0.25, 0.3) is 0 Å². The fourth-order valence-corrected chi connectivity index (χ4v) is 4.34. The van der Waals surface area contributed by atoms with Crippen LogP contribution in [0.5, 0.6) is 0 Å². The van der Waals surface area contributed by atoms with Gasteiger partial charge in [-0.15, -0.1) is 0 Å². The first kappa shape index (κ1) is 18.3. The van der Waals surface area contributed by atoms with E-state index in [1.807, 2.05) is 21.7 Å². The zero-order valence-corrected chi connectivity index (χ0v) is 16.3. The Bertz CT molecular complexity index is 1250. The van der Waals surface area contributed by atoms with Crippen LogP contribution in [0.3, 0.4) is 0 Å². The fraction of sp³-hybridized carbons (Fsp3) is 0.333. The Balaban J connectivity index is 1.46. The molecule has 10 heteroatoms. The molecule has 4 aromatic rings. The van der Waals surface area contributed by atoms with E-state index in [0.717, 1.165) is 35.0 Å². The topological polar surface area (TPSA) is 75.0 Å². The van der Waals surface area contributed by atoms with Crippen molar-refractivity contribution < 1.29 is 13.2 Å². The average molecular weight is 425 g/mol. The number of alkyl halides is 3. The molecule has 7 nitrogen and oxygen atoms in total. The fourth-order valence-electron chi connectivity index (χ4n) is 4.34. The molecule has 0 bridgehead atoms. The van der Waals surface area contributed by atoms with Gasteiger partial charge in [0.15, 0.2) is 0 Å². The van der Waals surface area contributed by atoms with Crippen LogP contribution in [-0.4, -0.2) is 36.1 Å². The van der Waals surface area contributed by atoms with E-state index in [9.17, 15) is 13.2 Å². The lowest BCUT2D eigenvalue weighted by Gasteiger charge is -2.33. The lowest BCUT2D eigenvalue weighted by molar-refractivity contribution is -0.138. The third-order valence-electron chi connectivity index (χ3n) is 6.00. The lowest BCUT2D eigenvalue weighted by atomic mass is 9.99. The number of nitrogens with zero attached hydrogens (tertiary/aromatic N) is 6. The summed E-state index contributed by atoms with van der Waals surface area (Å²) in [4.78, 5) is 17.6. The maximum absolute atomic E-state index is 13.0. The van der Waals surface area contributed by atoms with Gasteiger partial charge in [-0.25, -0.2) is 19.5 Å². The van der Waals surface area contributed by atoms with Crippen LogP contribution >= 0.6 is 0 Å². The number of aromatic nitrogens is 6. The Hall–Kier alpha value is -3.43. The van der Waals surface area contributed by atoms with E-state index in [0.29, 0.717) is 18.9 Å². The molecule has 31 heavy (non-hydrogen) atoms. The smallest absolute Gasteiger partial charge is 0.348 e. The molecule has 2 aliphatic rings. The van der Waals surface area contributed by atoms with Crippen molar-refractivity contribution in [2.45, 2.75) is 37.4 Å². The molecular weight excluding hydrogens is 407 g/mol. The second-order valence-electron chi connectivity index (χ2n) is 8.02. The molecule has 1 fully saturated rings. The third-order valence-corrected chi connectivity index (χ3v) is 6.00. The molecule has 0 unspecified atom stereocenters. The van der Waals surface area contributed by atoms with Gasteiger partial charge in [0.1, 0.15) is 6.04 Å². The molecule has 5 heterocycles. The summed E-state index contributed by atoms with van der Waals surface area (Å²) < 4.78 is 40.8. The quantitative estimate of drug-likeness (QED) is 0.539. The van der Waals surface area contributed by atoms with Crippen molar-refractivity contribution in [3.05, 3.63) is 71.3 Å². The van der Waals surface area contributed by atoms with Gasteiger partial charge < -0.3 is 9.88 Å². The van der Waals surface area contributed by atoms with Crippen LogP contribution in [0.25, 0.3) is 5.52 Å². The number of H-pyrrole nitrogens is 1. The van der Waals surface area contributed by atoms with E-state index in [1.165, 1.54) is 18.4 Å². The molecule has 1 aliphatic heterocycles. The molecule has 6 rings (SSSR count). The maximum atomic E-state index is 13.0. The summed E-state index contributed by atoms with van der Waals surface area (Å²) in [5.74, 6) is 0.793. The van der Waals surface area contributed by atoms with Crippen molar-refractivity contribution in [2.24, 2.45) is 0 Å². The number of anilines is 1. The van der Waals surface area contributed by atoms with E-state index in [2.05, 4.69) is 32.1 Å². The number of aromatic amines is 1. The number of pyridine rings is 1. The number of hydrogen-bond acceptors (Lipinski definition) is 5. The van der Waals surface area contributed by atoms with Crippen molar-refractivity contribution in [3.8, 4) is 0 Å². The van der Waals surface area contributed by atoms with Crippen molar-refractivity contribution in [3.63, 3.8) is 0 Å². The molecule has 1 atom stereocenters. The number of nitrogens with one attached hydrogen (secondary N) is 1. The zero-order valence-electron chi connectivity index (χ0n) is 16.3. The molecule has 158 valence electrons. The summed E-state index contributed by atoms with van der Waals surface area (Å²) in [6.07, 6.45) is 3.75. The Morgan fingerprint density at radius 2 is 1.90 bits per heavy atom. The molecule has 0 radical (unpaired) electrons. The van der Waals surface area contributed by atoms with Crippen LogP contribution in [0.2, 0.25) is 0 Å². The number of imidazole rings is 1. The Labute approximate surface area is 175 Å². The molecular formula is C21H18F3N7. The minimum absolute atomic E-state index is 0.228. The molecule has 0 amide bonds. The van der Waals surface area contributed by atoms with Crippen molar-refractivity contribution in [2.75, 3.05) is 11.4 Å². The highest BCUT2D eigenvalue weighted by Crippen LogP contribution is 2.43. The molecule has 0 saturated heterocycles. The van der Waals surface area contributed by atoms with Crippen LogP contribution < -0.4 is 4.90 Å². The Morgan fingerprint density at radius 3 is 2.65 bits per heavy atom. The second-order valence-corrected chi connectivity index (χ2v) is 8.02. The highest BCUT2D eigenvalue weighted by atomic mass is 19.4. The number of fused-ring (bicyclic) bond motifs is 2. The Kier molecular flexibility index (Phi) is 3.87. The van der Waals surface area contributed by atoms with E-state index in [-0.39, 0.29) is 5.95 Å². The van der Waals surface area contributed by atoms with Crippen LogP contribution in [-0.2, 0) is 12.6 Å². The summed E-state index contributed by atoms with van der Waals surface area (Å²) in [6, 6.07) is 5.79. The minimum Gasteiger partial charge on any atom is -0.348 e. The van der Waals surface area contributed by atoms with Gasteiger partial charge in [0.05, 0.1) is 28.8 Å². The zero-order chi connectivity index (χ0) is 21.2. The average Bonchev–Trinajstić information content (AvgIpc) is 3.32. The maximum Gasteiger partial charge on any atom is 0.419 e. The Morgan fingerprint density at radius 1 is 1.10 bits per heavy atom. The standard InChI is InChI=1S/C21H18F3N7/c22-21(23,24)13-9-25-20(26-10-13)30-7-5-15-18(28-11-27-15)19(30)16-8-17-14(12-3-4-12)2-1-6-31(17)29-16/h1-2,6,8-12,19H,3-5,7H2,(H,27,28)/t19-/m0/s1. The van der Waals surface area contributed by atoms with E-state index in [1.54, 1.807) is 6.33 Å². The van der Waals surface area contributed by atoms with Crippen molar-refractivity contribution in [1.82, 2.24) is 29.5 Å². The predicted octanol–water partition coefficient (Wildman–Crippen LogP) is 3.90. The molecule has 4 aromatic heterocycles. The van der Waals surface area contributed by atoms with Gasteiger partial charge in [-0.2, -0.15) is 18.3 Å². The van der Waals surface area contributed by atoms with Crippen LogP contribution in [0.15, 0.2) is 43.1 Å². The van der Waals surface area contributed by atoms with Crippen LogP contribution in [0.1, 0.15) is 53.0 Å². The van der Waals surface area contributed by atoms with E-state index in [4.69, 9.17) is 5.10 Å². The van der Waals surface area contributed by atoms with E-state index >= 15 is 0 Å². The lowest BCUT2D eigenvalue weighted by Crippen LogP contribution is -2.37. The van der Waals surface area contributed by atoms with Crippen LogP contribution in [0, 0.1) is 0 Å². The first-order chi connectivity index (χ1) is 15.0. The monoisotopic (exact) mass is 425 g/mol. The van der Waals surface area contributed by atoms with Gasteiger partial charge in [-0.3, -0.25) is 0 Å². The molecule has 0 aromatic carbocycles. The first-order valence-corrected chi connectivity index (χ1v) is 10.2. The summed E-state index contributed by atoms with van der Waals surface area (Å²) in [7, 11) is 0. The van der Waals surface area contributed by atoms with Crippen LogP contribution in [0.4, 0.5) is 19.1 Å². The van der Waals surface area contributed by atoms with E-state index < -0.39 is 17.8 Å². The first-order valence-electron chi connectivity index (χ1n) is 10.2. The molecule has 1 saturated carbocycles. The van der Waals surface area contributed by atoms with Gasteiger partial charge in [0, 0.05) is 37.3 Å². The van der Waals surface area contributed by atoms with Crippen molar-refractivity contribution in [1.29, 1.82) is 0 Å². The minimum atomic E-state index is -4.48. The van der Waals surface area contributed by atoms with Gasteiger partial charge in [0.2, 0.25) is 5.95 Å². The predicted molar refractivity (Wildman–Crippen MR) is 106 cm³/mol. The highest BCUT2D eigenvalue weighted by molar-refractivity contribution is 5.60. The summed E-state index contributed by atoms with van der Waals surface area (Å²) in [5.41, 5.74) is 4.02. The molecule has 1 aliphatic carbocycles. The van der Waals surface area contributed by atoms with Gasteiger partial charge >= 0.3 is 6.18 Å². The SMILES string of the molecule is FC(F)(F)c1cnc(N2CCc3[nH]cnc3[C@@H]2c2cc3c(C4CC4)cccn3n2)nc1. The summed E-state index contributed by atoms with van der Waals surface area (Å²) >= 11 is 0. The molecule has 1 N–H and O–H groups in total. The van der Waals surface area contributed by atoms with Crippen molar-refractivity contribution >= 4 is 11.5 Å². The normalized spacial score (nSPS) is 19.1. The highest BCUT2D eigenvalue weighted by Gasteiger charge is 2.36.